The lowest BCUT2D eigenvalue weighted by Gasteiger charge is -2.10. The van der Waals surface area contributed by atoms with Crippen molar-refractivity contribution in [2.75, 3.05) is 6.54 Å². The van der Waals surface area contributed by atoms with E-state index in [0.717, 1.165) is 30.5 Å². The lowest BCUT2D eigenvalue weighted by atomic mass is 9.94. The Morgan fingerprint density at radius 3 is 2.71 bits per heavy atom. The minimum absolute atomic E-state index is 0.0960. The molecule has 74 valence electrons. The summed E-state index contributed by atoms with van der Waals surface area (Å²) in [6.45, 7) is 4.88. The van der Waals surface area contributed by atoms with Crippen molar-refractivity contribution in [3.63, 3.8) is 0 Å². The molecule has 0 spiro atoms. The summed E-state index contributed by atoms with van der Waals surface area (Å²) in [6, 6.07) is 4.13. The van der Waals surface area contributed by atoms with E-state index in [4.69, 9.17) is 0 Å². The number of nitrogens with one attached hydrogen (secondary N) is 1. The average molecular weight is 189 g/mol. The highest BCUT2D eigenvalue weighted by Gasteiger charge is 2.18. The minimum atomic E-state index is 0.0960. The van der Waals surface area contributed by atoms with Gasteiger partial charge in [0.1, 0.15) is 0 Å². The topological polar surface area (TPSA) is 29.1 Å². The third-order valence-corrected chi connectivity index (χ3v) is 2.87. The van der Waals surface area contributed by atoms with Crippen LogP contribution in [0.15, 0.2) is 12.1 Å². The summed E-state index contributed by atoms with van der Waals surface area (Å²) in [7, 11) is 0. The van der Waals surface area contributed by atoms with Gasteiger partial charge in [-0.1, -0.05) is 12.1 Å². The summed E-state index contributed by atoms with van der Waals surface area (Å²) in [5, 5.41) is 2.93. The number of carbonyl (C=O) groups excluding carboxylic acids is 1. The summed E-state index contributed by atoms with van der Waals surface area (Å²) >= 11 is 0. The molecule has 0 saturated heterocycles. The Bertz CT molecular complexity index is 382. The number of amides is 1. The van der Waals surface area contributed by atoms with Crippen molar-refractivity contribution in [1.82, 2.24) is 5.32 Å². The molecule has 1 aromatic carbocycles. The van der Waals surface area contributed by atoms with Gasteiger partial charge in [-0.2, -0.15) is 0 Å². The van der Waals surface area contributed by atoms with Gasteiger partial charge in [-0.15, -0.1) is 0 Å². The van der Waals surface area contributed by atoms with Gasteiger partial charge in [0.25, 0.3) is 5.91 Å². The third-order valence-electron chi connectivity index (χ3n) is 2.87. The van der Waals surface area contributed by atoms with Gasteiger partial charge in [-0.3, -0.25) is 4.79 Å². The lowest BCUT2D eigenvalue weighted by Crippen LogP contribution is -2.23. The van der Waals surface area contributed by atoms with Crippen molar-refractivity contribution >= 4 is 5.91 Å². The molecule has 14 heavy (non-hydrogen) atoms. The van der Waals surface area contributed by atoms with Crippen LogP contribution in [0.2, 0.25) is 0 Å². The van der Waals surface area contributed by atoms with E-state index in [0.29, 0.717) is 0 Å². The van der Waals surface area contributed by atoms with Crippen molar-refractivity contribution in [1.29, 1.82) is 0 Å². The number of carbonyl (C=O) groups is 1. The highest BCUT2D eigenvalue weighted by Crippen LogP contribution is 2.21. The summed E-state index contributed by atoms with van der Waals surface area (Å²) in [5.74, 6) is 0.0960. The highest BCUT2D eigenvalue weighted by molar-refractivity contribution is 5.97. The molecule has 1 aliphatic heterocycles. The van der Waals surface area contributed by atoms with Gasteiger partial charge in [0.15, 0.2) is 0 Å². The first-order valence-electron chi connectivity index (χ1n) is 5.07. The Labute approximate surface area is 84.3 Å². The summed E-state index contributed by atoms with van der Waals surface area (Å²) in [5.41, 5.74) is 4.47. The number of aryl methyl sites for hydroxylation is 2. The third kappa shape index (κ3) is 1.41. The lowest BCUT2D eigenvalue weighted by molar-refractivity contribution is 0.0955. The van der Waals surface area contributed by atoms with Crippen LogP contribution in [0.1, 0.15) is 33.5 Å². The standard InChI is InChI=1S/C12H15NO/c1-8-5-6-9(2)11-10(8)4-3-7-13-12(11)14/h5-6H,3-4,7H2,1-2H3,(H,13,14). The van der Waals surface area contributed by atoms with E-state index < -0.39 is 0 Å². The predicted octanol–water partition coefficient (Wildman–Crippen LogP) is 1.98. The predicted molar refractivity (Wildman–Crippen MR) is 56.6 cm³/mol. The van der Waals surface area contributed by atoms with E-state index in [1.54, 1.807) is 0 Å². The zero-order valence-electron chi connectivity index (χ0n) is 8.68. The summed E-state index contributed by atoms with van der Waals surface area (Å²) in [4.78, 5) is 11.8. The molecule has 0 radical (unpaired) electrons. The van der Waals surface area contributed by atoms with Crippen LogP contribution in [0.4, 0.5) is 0 Å². The van der Waals surface area contributed by atoms with Crippen LogP contribution < -0.4 is 5.32 Å². The SMILES string of the molecule is Cc1ccc(C)c2c1CCCNC2=O. The van der Waals surface area contributed by atoms with E-state index in [1.807, 2.05) is 13.0 Å². The molecule has 0 aliphatic carbocycles. The van der Waals surface area contributed by atoms with Gasteiger partial charge < -0.3 is 5.32 Å². The Kier molecular flexibility index (Phi) is 2.28. The zero-order chi connectivity index (χ0) is 10.1. The van der Waals surface area contributed by atoms with Crippen LogP contribution in [-0.2, 0) is 6.42 Å². The monoisotopic (exact) mass is 189 g/mol. The van der Waals surface area contributed by atoms with Crippen LogP contribution >= 0.6 is 0 Å². The average Bonchev–Trinajstić information content (AvgIpc) is 2.35. The molecule has 0 atom stereocenters. The number of rotatable bonds is 0. The first-order valence-corrected chi connectivity index (χ1v) is 5.07. The van der Waals surface area contributed by atoms with Crippen molar-refractivity contribution in [2.24, 2.45) is 0 Å². The van der Waals surface area contributed by atoms with Crippen molar-refractivity contribution in [3.8, 4) is 0 Å². The second kappa shape index (κ2) is 3.45. The second-order valence-corrected chi connectivity index (χ2v) is 3.91. The second-order valence-electron chi connectivity index (χ2n) is 3.91. The zero-order valence-corrected chi connectivity index (χ0v) is 8.68. The molecule has 0 bridgehead atoms. The van der Waals surface area contributed by atoms with Crippen molar-refractivity contribution < 1.29 is 4.79 Å². The number of fused-ring (bicyclic) bond motifs is 1. The van der Waals surface area contributed by atoms with Gasteiger partial charge in [-0.05, 0) is 43.4 Å². The quantitative estimate of drug-likeness (QED) is 0.664. The maximum atomic E-state index is 11.8. The molecule has 1 amide bonds. The molecule has 1 aliphatic rings. The Hall–Kier alpha value is -1.31. The van der Waals surface area contributed by atoms with Gasteiger partial charge in [-0.25, -0.2) is 0 Å². The van der Waals surface area contributed by atoms with Gasteiger partial charge in [0, 0.05) is 12.1 Å². The van der Waals surface area contributed by atoms with E-state index >= 15 is 0 Å². The number of hydrogen-bond donors (Lipinski definition) is 1. The van der Waals surface area contributed by atoms with Crippen LogP contribution in [0, 0.1) is 13.8 Å². The van der Waals surface area contributed by atoms with Crippen LogP contribution in [0.3, 0.4) is 0 Å². The van der Waals surface area contributed by atoms with E-state index in [2.05, 4.69) is 18.3 Å². The largest absolute Gasteiger partial charge is 0.352 e. The number of benzene rings is 1. The van der Waals surface area contributed by atoms with Crippen LogP contribution in [0.25, 0.3) is 0 Å². The van der Waals surface area contributed by atoms with E-state index in [1.165, 1.54) is 11.1 Å². The molecule has 2 rings (SSSR count). The summed E-state index contributed by atoms with van der Waals surface area (Å²) < 4.78 is 0. The fourth-order valence-corrected chi connectivity index (χ4v) is 2.06. The van der Waals surface area contributed by atoms with Crippen molar-refractivity contribution in [3.05, 3.63) is 34.4 Å². The van der Waals surface area contributed by atoms with Crippen LogP contribution in [-0.4, -0.2) is 12.5 Å². The maximum absolute atomic E-state index is 11.8. The normalized spacial score (nSPS) is 15.7. The molecule has 0 saturated carbocycles. The molecule has 1 N–H and O–H groups in total. The molecule has 2 nitrogen and oxygen atoms in total. The molecule has 2 heteroatoms. The Balaban J connectivity index is 2.62. The fraction of sp³-hybridized carbons (Fsp3) is 0.417. The Morgan fingerprint density at radius 1 is 1.21 bits per heavy atom. The molecule has 0 unspecified atom stereocenters. The van der Waals surface area contributed by atoms with E-state index in [-0.39, 0.29) is 5.91 Å². The molecule has 0 aromatic heterocycles. The maximum Gasteiger partial charge on any atom is 0.251 e. The van der Waals surface area contributed by atoms with Gasteiger partial charge >= 0.3 is 0 Å². The molecular weight excluding hydrogens is 174 g/mol. The first kappa shape index (κ1) is 9.25. The Morgan fingerprint density at radius 2 is 1.93 bits per heavy atom. The highest BCUT2D eigenvalue weighted by atomic mass is 16.1. The van der Waals surface area contributed by atoms with Crippen LogP contribution in [0.5, 0.6) is 0 Å². The number of hydrogen-bond acceptors (Lipinski definition) is 1. The molecule has 1 heterocycles. The fourth-order valence-electron chi connectivity index (χ4n) is 2.06. The summed E-state index contributed by atoms with van der Waals surface area (Å²) in [6.07, 6.45) is 2.06. The van der Waals surface area contributed by atoms with Gasteiger partial charge in [0.2, 0.25) is 0 Å². The molecule has 0 fully saturated rings. The van der Waals surface area contributed by atoms with E-state index in [9.17, 15) is 4.79 Å². The smallest absolute Gasteiger partial charge is 0.251 e. The molecular formula is C12H15NO. The van der Waals surface area contributed by atoms with Gasteiger partial charge in [0.05, 0.1) is 0 Å². The minimum Gasteiger partial charge on any atom is -0.352 e. The van der Waals surface area contributed by atoms with Crippen molar-refractivity contribution in [2.45, 2.75) is 26.7 Å². The first-order chi connectivity index (χ1) is 6.70. The molecule has 1 aromatic rings.